The minimum Gasteiger partial charge on any atom is -0.351 e. The second-order valence-corrected chi connectivity index (χ2v) is 10.2. The van der Waals surface area contributed by atoms with Gasteiger partial charge >= 0.3 is 0 Å². The van der Waals surface area contributed by atoms with Crippen LogP contribution in [0.5, 0.6) is 0 Å². The van der Waals surface area contributed by atoms with Crippen LogP contribution in [0.15, 0.2) is 66.9 Å². The number of thiocarbonyl (C=S) groups is 1. The van der Waals surface area contributed by atoms with Crippen LogP contribution in [0.4, 0.5) is 5.69 Å². The Morgan fingerprint density at radius 3 is 2.43 bits per heavy atom. The van der Waals surface area contributed by atoms with Crippen LogP contribution >= 0.6 is 35.4 Å². The zero-order chi connectivity index (χ0) is 24.9. The summed E-state index contributed by atoms with van der Waals surface area (Å²) >= 11 is 18.9. The molecule has 4 nitrogen and oxygen atoms in total. The molecule has 0 radical (unpaired) electrons. The fourth-order valence-electron chi connectivity index (χ4n) is 4.95. The van der Waals surface area contributed by atoms with Crippen molar-refractivity contribution in [2.45, 2.75) is 39.8 Å². The third-order valence-electron chi connectivity index (χ3n) is 6.83. The molecule has 4 aromatic rings. The number of pyridine rings is 1. The number of anilines is 1. The van der Waals surface area contributed by atoms with Crippen molar-refractivity contribution in [3.63, 3.8) is 0 Å². The van der Waals surface area contributed by atoms with E-state index in [9.17, 15) is 0 Å². The van der Waals surface area contributed by atoms with Crippen molar-refractivity contribution in [2.75, 3.05) is 4.90 Å². The molecule has 2 aromatic carbocycles. The Hall–Kier alpha value is -2.86. The zero-order valence-electron chi connectivity index (χ0n) is 20.0. The molecule has 0 spiro atoms. The summed E-state index contributed by atoms with van der Waals surface area (Å²) in [6.45, 7) is 8.46. The highest BCUT2D eigenvalue weighted by Gasteiger charge is 2.42. The van der Waals surface area contributed by atoms with Crippen LogP contribution in [0.1, 0.15) is 45.9 Å². The van der Waals surface area contributed by atoms with E-state index in [4.69, 9.17) is 35.4 Å². The summed E-state index contributed by atoms with van der Waals surface area (Å²) in [5.41, 5.74) is 8.63. The summed E-state index contributed by atoms with van der Waals surface area (Å²) < 4.78 is 2.17. The molecule has 0 saturated carbocycles. The first kappa shape index (κ1) is 23.9. The Morgan fingerprint density at radius 1 is 0.914 bits per heavy atom. The van der Waals surface area contributed by atoms with Gasteiger partial charge in [-0.3, -0.25) is 4.98 Å². The highest BCUT2D eigenvalue weighted by Crippen LogP contribution is 2.44. The Bertz CT molecular complexity index is 1430. The van der Waals surface area contributed by atoms with E-state index in [0.717, 1.165) is 34.0 Å². The Labute approximate surface area is 221 Å². The average Bonchev–Trinajstić information content (AvgIpc) is 3.33. The number of hydrogen-bond donors (Lipinski definition) is 1. The molecule has 35 heavy (non-hydrogen) atoms. The number of nitrogens with zero attached hydrogens (tertiary/aromatic N) is 3. The second kappa shape index (κ2) is 9.30. The lowest BCUT2D eigenvalue weighted by molar-refractivity contribution is 0.565. The van der Waals surface area contributed by atoms with Gasteiger partial charge in [-0.1, -0.05) is 41.4 Å². The number of rotatable bonds is 4. The lowest BCUT2D eigenvalue weighted by Gasteiger charge is -2.28. The monoisotopic (exact) mass is 520 g/mol. The first-order valence-corrected chi connectivity index (χ1v) is 12.7. The smallest absolute Gasteiger partial charge is 0.174 e. The highest BCUT2D eigenvalue weighted by molar-refractivity contribution is 7.80. The topological polar surface area (TPSA) is 33.1 Å². The van der Waals surface area contributed by atoms with E-state index >= 15 is 0 Å². The minimum atomic E-state index is -0.117. The third kappa shape index (κ3) is 4.12. The van der Waals surface area contributed by atoms with Gasteiger partial charge in [-0.2, -0.15) is 0 Å². The molecule has 1 aliphatic rings. The molecule has 1 aliphatic heterocycles. The van der Waals surface area contributed by atoms with Gasteiger partial charge in [0.15, 0.2) is 5.11 Å². The van der Waals surface area contributed by atoms with E-state index in [0.29, 0.717) is 15.2 Å². The molecule has 1 fully saturated rings. The molecule has 0 bridgehead atoms. The predicted molar refractivity (Wildman–Crippen MR) is 149 cm³/mol. The SMILES string of the molecule is Cc1ccc(N2C(=S)N[C@H](c3ccccn3)[C@@H]2c2cc(C)n(-c3cccc(Cl)c3Cl)c2C)cc1C. The van der Waals surface area contributed by atoms with Crippen molar-refractivity contribution in [3.8, 4) is 5.69 Å². The Kier molecular flexibility index (Phi) is 6.34. The maximum Gasteiger partial charge on any atom is 0.174 e. The minimum absolute atomic E-state index is 0.0996. The van der Waals surface area contributed by atoms with Gasteiger partial charge in [0.05, 0.1) is 33.5 Å². The molecule has 1 N–H and O–H groups in total. The van der Waals surface area contributed by atoms with Gasteiger partial charge < -0.3 is 14.8 Å². The number of hydrogen-bond acceptors (Lipinski definition) is 2. The van der Waals surface area contributed by atoms with E-state index in [1.807, 2.05) is 36.5 Å². The number of halogens is 2. The third-order valence-corrected chi connectivity index (χ3v) is 7.95. The maximum absolute atomic E-state index is 6.64. The standard InChI is InChI=1S/C28H26Cl2N4S/c1-16-11-12-20(14-17(16)2)34-27(26(32-28(34)35)23-9-5-6-13-31-23)21-15-18(3)33(19(21)4)24-10-7-8-22(29)25(24)30/h5-15,26-27H,1-4H3,(H,32,35)/t26-,27+/m1/s1. The van der Waals surface area contributed by atoms with Crippen LogP contribution < -0.4 is 10.2 Å². The van der Waals surface area contributed by atoms with Crippen LogP contribution in [0, 0.1) is 27.7 Å². The first-order chi connectivity index (χ1) is 16.8. The molecule has 0 aliphatic carbocycles. The van der Waals surface area contributed by atoms with E-state index in [1.54, 1.807) is 6.07 Å². The molecular weight excluding hydrogens is 495 g/mol. The first-order valence-electron chi connectivity index (χ1n) is 11.5. The maximum atomic E-state index is 6.64. The van der Waals surface area contributed by atoms with Crippen molar-refractivity contribution in [3.05, 3.63) is 111 Å². The molecule has 7 heteroatoms. The van der Waals surface area contributed by atoms with Gasteiger partial charge in [0.1, 0.15) is 0 Å². The number of nitrogens with one attached hydrogen (secondary N) is 1. The van der Waals surface area contributed by atoms with Gasteiger partial charge in [-0.05, 0) is 99.1 Å². The van der Waals surface area contributed by atoms with Crippen LogP contribution in [0.3, 0.4) is 0 Å². The zero-order valence-corrected chi connectivity index (χ0v) is 22.3. The van der Waals surface area contributed by atoms with Crippen LogP contribution in [0.2, 0.25) is 10.0 Å². The lowest BCUT2D eigenvalue weighted by Crippen LogP contribution is -2.29. The molecular formula is C28H26Cl2N4S. The normalized spacial score (nSPS) is 17.7. The van der Waals surface area contributed by atoms with Crippen molar-refractivity contribution < 1.29 is 0 Å². The molecule has 3 heterocycles. The summed E-state index contributed by atoms with van der Waals surface area (Å²) in [6.07, 6.45) is 1.82. The fourth-order valence-corrected chi connectivity index (χ4v) is 5.67. The van der Waals surface area contributed by atoms with E-state index in [2.05, 4.69) is 71.7 Å². The van der Waals surface area contributed by atoms with Crippen molar-refractivity contribution in [2.24, 2.45) is 0 Å². The van der Waals surface area contributed by atoms with Crippen molar-refractivity contribution in [1.82, 2.24) is 14.9 Å². The number of aryl methyl sites for hydroxylation is 3. The summed E-state index contributed by atoms with van der Waals surface area (Å²) in [7, 11) is 0. The van der Waals surface area contributed by atoms with Crippen molar-refractivity contribution >= 4 is 46.2 Å². The molecule has 0 amide bonds. The molecule has 178 valence electrons. The number of benzene rings is 2. The lowest BCUT2D eigenvalue weighted by atomic mass is 9.96. The van der Waals surface area contributed by atoms with Gasteiger partial charge in [0.25, 0.3) is 0 Å². The Balaban J connectivity index is 1.71. The molecule has 0 unspecified atom stereocenters. The van der Waals surface area contributed by atoms with E-state index in [-0.39, 0.29) is 12.1 Å². The highest BCUT2D eigenvalue weighted by atomic mass is 35.5. The summed E-state index contributed by atoms with van der Waals surface area (Å²) in [5.74, 6) is 0. The van der Waals surface area contributed by atoms with Crippen LogP contribution in [0.25, 0.3) is 5.69 Å². The molecule has 5 rings (SSSR count). The Morgan fingerprint density at radius 2 is 1.71 bits per heavy atom. The molecule has 2 aromatic heterocycles. The van der Waals surface area contributed by atoms with Crippen LogP contribution in [-0.4, -0.2) is 14.7 Å². The van der Waals surface area contributed by atoms with Crippen molar-refractivity contribution in [1.29, 1.82) is 0 Å². The van der Waals surface area contributed by atoms with Gasteiger partial charge in [-0.15, -0.1) is 0 Å². The van der Waals surface area contributed by atoms with E-state index in [1.165, 1.54) is 11.1 Å². The predicted octanol–water partition coefficient (Wildman–Crippen LogP) is 7.59. The molecule has 2 atom stereocenters. The summed E-state index contributed by atoms with van der Waals surface area (Å²) in [4.78, 5) is 6.89. The molecule has 1 saturated heterocycles. The summed E-state index contributed by atoms with van der Waals surface area (Å²) in [6, 6.07) is 20.2. The largest absolute Gasteiger partial charge is 0.351 e. The average molecular weight is 522 g/mol. The fraction of sp³-hybridized carbons (Fsp3) is 0.214. The van der Waals surface area contributed by atoms with Gasteiger partial charge in [-0.25, -0.2) is 0 Å². The quantitative estimate of drug-likeness (QED) is 0.281. The number of aromatic nitrogens is 2. The van der Waals surface area contributed by atoms with Gasteiger partial charge in [0.2, 0.25) is 0 Å². The van der Waals surface area contributed by atoms with E-state index < -0.39 is 0 Å². The van der Waals surface area contributed by atoms with Gasteiger partial charge in [0, 0.05) is 23.3 Å². The second-order valence-electron chi connectivity index (χ2n) is 9.00. The van der Waals surface area contributed by atoms with Crippen LogP contribution in [-0.2, 0) is 0 Å². The summed E-state index contributed by atoms with van der Waals surface area (Å²) in [5, 5.41) is 5.31.